The zero-order valence-electron chi connectivity index (χ0n) is 12.3. The highest BCUT2D eigenvalue weighted by Crippen LogP contribution is 2.18. The van der Waals surface area contributed by atoms with Crippen LogP contribution in [-0.2, 0) is 17.1 Å². The summed E-state index contributed by atoms with van der Waals surface area (Å²) in [6.45, 7) is 0.486. The average molecular weight is 380 g/mol. The van der Waals surface area contributed by atoms with E-state index in [2.05, 4.69) is 33.4 Å². The lowest BCUT2D eigenvalue weighted by Gasteiger charge is -2.09. The smallest absolute Gasteiger partial charge is 0.230 e. The molecule has 1 amide bonds. The van der Waals surface area contributed by atoms with Crippen LogP contribution in [0.1, 0.15) is 11.1 Å². The summed E-state index contributed by atoms with van der Waals surface area (Å²) in [7, 11) is 1.63. The molecular weight excluding hydrogens is 362 g/mol. The Morgan fingerprint density at radius 3 is 2.82 bits per heavy atom. The first kappa shape index (κ1) is 16.9. The Morgan fingerprint density at radius 2 is 2.05 bits per heavy atom. The second kappa shape index (κ2) is 8.86. The number of hydrogen-bond donors (Lipinski definition) is 1. The molecule has 0 bridgehead atoms. The summed E-state index contributed by atoms with van der Waals surface area (Å²) in [5.41, 5.74) is 2.19. The van der Waals surface area contributed by atoms with Gasteiger partial charge in [-0.1, -0.05) is 46.3 Å². The van der Waals surface area contributed by atoms with Crippen molar-refractivity contribution >= 4 is 33.6 Å². The minimum atomic E-state index is 0.0332. The van der Waals surface area contributed by atoms with Gasteiger partial charge >= 0.3 is 0 Å². The molecule has 0 aliphatic carbocycles. The summed E-state index contributed by atoms with van der Waals surface area (Å²) in [4.78, 5) is 11.9. The molecule has 0 aromatic heterocycles. The van der Waals surface area contributed by atoms with E-state index in [1.165, 1.54) is 5.56 Å². The maximum Gasteiger partial charge on any atom is 0.230 e. The van der Waals surface area contributed by atoms with Crippen LogP contribution >= 0.6 is 27.7 Å². The van der Waals surface area contributed by atoms with Crippen molar-refractivity contribution in [3.63, 3.8) is 0 Å². The predicted octanol–water partition coefficient (Wildman–Crippen LogP) is 4.01. The second-order valence-electron chi connectivity index (χ2n) is 4.71. The van der Waals surface area contributed by atoms with Crippen molar-refractivity contribution in [2.75, 3.05) is 12.9 Å². The van der Waals surface area contributed by atoms with Crippen molar-refractivity contribution in [3.05, 3.63) is 64.1 Å². The van der Waals surface area contributed by atoms with Crippen LogP contribution in [0.15, 0.2) is 53.0 Å². The van der Waals surface area contributed by atoms with E-state index in [1.807, 2.05) is 36.4 Å². The molecule has 3 nitrogen and oxygen atoms in total. The molecule has 2 aromatic rings. The van der Waals surface area contributed by atoms with Crippen molar-refractivity contribution in [2.45, 2.75) is 12.3 Å². The van der Waals surface area contributed by atoms with E-state index in [9.17, 15) is 4.79 Å². The van der Waals surface area contributed by atoms with Crippen molar-refractivity contribution in [3.8, 4) is 5.75 Å². The Labute approximate surface area is 143 Å². The van der Waals surface area contributed by atoms with Gasteiger partial charge in [-0.3, -0.25) is 4.79 Å². The number of benzene rings is 2. The van der Waals surface area contributed by atoms with Crippen LogP contribution in [0.25, 0.3) is 0 Å². The molecule has 22 heavy (non-hydrogen) atoms. The maximum absolute atomic E-state index is 11.9. The monoisotopic (exact) mass is 379 g/mol. The van der Waals surface area contributed by atoms with Crippen LogP contribution in [-0.4, -0.2) is 18.8 Å². The largest absolute Gasteiger partial charge is 0.496 e. The predicted molar refractivity (Wildman–Crippen MR) is 95.1 cm³/mol. The van der Waals surface area contributed by atoms with Gasteiger partial charge in [0.05, 0.1) is 12.9 Å². The Bertz CT molecular complexity index is 634. The third kappa shape index (κ3) is 5.39. The molecule has 5 heteroatoms. The molecule has 2 aromatic carbocycles. The molecule has 0 aliphatic heterocycles. The summed E-state index contributed by atoms with van der Waals surface area (Å²) in [5.74, 6) is 2.10. The number of halogens is 1. The first-order valence-corrected chi connectivity index (χ1v) is 8.84. The molecule has 0 saturated heterocycles. The standard InChI is InChI=1S/C17H18BrNO2S/c1-21-16-8-3-2-6-14(16)10-19-17(20)12-22-11-13-5-4-7-15(18)9-13/h2-9H,10-12H2,1H3,(H,19,20). The second-order valence-corrected chi connectivity index (χ2v) is 6.61. The molecule has 0 saturated carbocycles. The van der Waals surface area contributed by atoms with E-state index in [4.69, 9.17) is 4.74 Å². The van der Waals surface area contributed by atoms with Gasteiger partial charge in [-0.25, -0.2) is 0 Å². The fourth-order valence-corrected chi connectivity index (χ4v) is 3.23. The van der Waals surface area contributed by atoms with Crippen molar-refractivity contribution in [1.82, 2.24) is 5.32 Å². The molecule has 1 N–H and O–H groups in total. The van der Waals surface area contributed by atoms with E-state index in [0.29, 0.717) is 12.3 Å². The van der Waals surface area contributed by atoms with Crippen molar-refractivity contribution in [2.24, 2.45) is 0 Å². The van der Waals surface area contributed by atoms with Gasteiger partial charge in [0, 0.05) is 22.3 Å². The number of methoxy groups -OCH3 is 1. The number of carbonyl (C=O) groups excluding carboxylic acids is 1. The normalized spacial score (nSPS) is 10.3. The zero-order valence-corrected chi connectivity index (χ0v) is 14.7. The van der Waals surface area contributed by atoms with E-state index >= 15 is 0 Å². The summed E-state index contributed by atoms with van der Waals surface area (Å²) < 4.78 is 6.33. The Hall–Kier alpha value is -1.46. The topological polar surface area (TPSA) is 38.3 Å². The highest BCUT2D eigenvalue weighted by molar-refractivity contribution is 9.10. The number of hydrogen-bond acceptors (Lipinski definition) is 3. The molecule has 0 atom stereocenters. The van der Waals surface area contributed by atoms with E-state index in [0.717, 1.165) is 21.5 Å². The average Bonchev–Trinajstić information content (AvgIpc) is 2.53. The van der Waals surface area contributed by atoms with Gasteiger partial charge in [-0.2, -0.15) is 0 Å². The molecule has 0 fully saturated rings. The van der Waals surface area contributed by atoms with Crippen LogP contribution in [0.3, 0.4) is 0 Å². The van der Waals surface area contributed by atoms with Crippen LogP contribution in [0, 0.1) is 0 Å². The van der Waals surface area contributed by atoms with Crippen LogP contribution < -0.4 is 10.1 Å². The van der Waals surface area contributed by atoms with Gasteiger partial charge in [0.15, 0.2) is 0 Å². The van der Waals surface area contributed by atoms with Gasteiger partial charge in [0.2, 0.25) is 5.91 Å². The number of para-hydroxylation sites is 1. The molecular formula is C17H18BrNO2S. The van der Waals surface area contributed by atoms with Gasteiger partial charge in [0.25, 0.3) is 0 Å². The van der Waals surface area contributed by atoms with Gasteiger partial charge in [0.1, 0.15) is 5.75 Å². The quantitative estimate of drug-likeness (QED) is 0.789. The van der Waals surface area contributed by atoms with Crippen LogP contribution in [0.5, 0.6) is 5.75 Å². The number of amides is 1. The molecule has 0 spiro atoms. The highest BCUT2D eigenvalue weighted by Gasteiger charge is 2.05. The van der Waals surface area contributed by atoms with Gasteiger partial charge in [-0.15, -0.1) is 11.8 Å². The summed E-state index contributed by atoms with van der Waals surface area (Å²) in [6, 6.07) is 15.8. The highest BCUT2D eigenvalue weighted by atomic mass is 79.9. The van der Waals surface area contributed by atoms with Crippen molar-refractivity contribution < 1.29 is 9.53 Å². The molecule has 0 radical (unpaired) electrons. The minimum absolute atomic E-state index is 0.0332. The number of ether oxygens (including phenoxy) is 1. The Kier molecular flexibility index (Phi) is 6.80. The number of carbonyl (C=O) groups is 1. The first-order valence-electron chi connectivity index (χ1n) is 6.90. The summed E-state index contributed by atoms with van der Waals surface area (Å²) in [5, 5.41) is 2.92. The fourth-order valence-electron chi connectivity index (χ4n) is 1.98. The number of rotatable bonds is 7. The Morgan fingerprint density at radius 1 is 1.23 bits per heavy atom. The lowest BCUT2D eigenvalue weighted by atomic mass is 10.2. The molecule has 0 unspecified atom stereocenters. The first-order chi connectivity index (χ1) is 10.7. The van der Waals surface area contributed by atoms with E-state index < -0.39 is 0 Å². The molecule has 0 heterocycles. The summed E-state index contributed by atoms with van der Waals surface area (Å²) in [6.07, 6.45) is 0. The minimum Gasteiger partial charge on any atom is -0.496 e. The molecule has 116 valence electrons. The zero-order chi connectivity index (χ0) is 15.8. The van der Waals surface area contributed by atoms with E-state index in [1.54, 1.807) is 18.9 Å². The van der Waals surface area contributed by atoms with Crippen molar-refractivity contribution in [1.29, 1.82) is 0 Å². The SMILES string of the molecule is COc1ccccc1CNC(=O)CSCc1cccc(Br)c1. The lowest BCUT2D eigenvalue weighted by molar-refractivity contribution is -0.118. The molecule has 2 rings (SSSR count). The van der Waals surface area contributed by atoms with Gasteiger partial charge < -0.3 is 10.1 Å². The maximum atomic E-state index is 11.9. The fraction of sp³-hybridized carbons (Fsp3) is 0.235. The lowest BCUT2D eigenvalue weighted by Crippen LogP contribution is -2.24. The summed E-state index contributed by atoms with van der Waals surface area (Å²) >= 11 is 5.05. The van der Waals surface area contributed by atoms with Crippen LogP contribution in [0.4, 0.5) is 0 Å². The third-order valence-corrected chi connectivity index (χ3v) is 4.56. The van der Waals surface area contributed by atoms with Gasteiger partial charge in [-0.05, 0) is 23.8 Å². The van der Waals surface area contributed by atoms with Crippen LogP contribution in [0.2, 0.25) is 0 Å². The van der Waals surface area contributed by atoms with E-state index in [-0.39, 0.29) is 5.91 Å². The molecule has 0 aliphatic rings. The Balaban J connectivity index is 1.74. The third-order valence-electron chi connectivity index (χ3n) is 3.06. The number of thioether (sulfide) groups is 1. The number of nitrogens with one attached hydrogen (secondary N) is 1.